The maximum atomic E-state index is 14.0. The number of hydrogen-bond acceptors (Lipinski definition) is 3. The molecule has 1 aliphatic heterocycles. The molecule has 1 atom stereocenters. The number of halogens is 1. The van der Waals surface area contributed by atoms with Gasteiger partial charge in [-0.15, -0.1) is 11.3 Å². The van der Waals surface area contributed by atoms with E-state index in [9.17, 15) is 4.79 Å². The van der Waals surface area contributed by atoms with Gasteiger partial charge in [-0.05, 0) is 73.2 Å². The van der Waals surface area contributed by atoms with Gasteiger partial charge in [0.15, 0.2) is 0 Å². The van der Waals surface area contributed by atoms with Gasteiger partial charge in [0, 0.05) is 36.4 Å². The zero-order valence-corrected chi connectivity index (χ0v) is 22.1. The van der Waals surface area contributed by atoms with Gasteiger partial charge in [0.2, 0.25) is 0 Å². The van der Waals surface area contributed by atoms with Crippen molar-refractivity contribution in [2.75, 3.05) is 24.3 Å². The molecular formula is C29H29ClN4OS. The number of amides is 2. The molecule has 6 rings (SSSR count). The monoisotopic (exact) mass is 516 g/mol. The second kappa shape index (κ2) is 9.34. The lowest BCUT2D eigenvalue weighted by Crippen LogP contribution is -2.38. The molecule has 0 bridgehead atoms. The number of carbonyl (C=O) groups excluding carboxylic acids is 1. The van der Waals surface area contributed by atoms with E-state index in [0.717, 1.165) is 29.8 Å². The topological polar surface area (TPSA) is 40.5 Å². The molecule has 0 fully saturated rings. The fourth-order valence-electron chi connectivity index (χ4n) is 5.44. The van der Waals surface area contributed by atoms with Gasteiger partial charge in [-0.3, -0.25) is 0 Å². The highest BCUT2D eigenvalue weighted by Crippen LogP contribution is 2.44. The number of urea groups is 1. The third-order valence-corrected chi connectivity index (χ3v) is 8.94. The normalized spacial score (nSPS) is 16.5. The van der Waals surface area contributed by atoms with Gasteiger partial charge in [-0.2, -0.15) is 0 Å². The van der Waals surface area contributed by atoms with Gasteiger partial charge < -0.3 is 19.7 Å². The highest BCUT2D eigenvalue weighted by atomic mass is 35.5. The van der Waals surface area contributed by atoms with Crippen molar-refractivity contribution in [3.05, 3.63) is 99.1 Å². The van der Waals surface area contributed by atoms with Crippen LogP contribution in [0, 0.1) is 0 Å². The Kier molecular flexibility index (Phi) is 6.02. The number of fused-ring (bicyclic) bond motifs is 5. The van der Waals surface area contributed by atoms with E-state index in [1.54, 1.807) is 6.07 Å². The number of aryl methyl sites for hydroxylation is 1. The lowest BCUT2D eigenvalue weighted by atomic mass is 9.95. The molecule has 7 heteroatoms. The number of rotatable bonds is 3. The summed E-state index contributed by atoms with van der Waals surface area (Å²) in [4.78, 5) is 19.6. The third-order valence-electron chi connectivity index (χ3n) is 7.28. The van der Waals surface area contributed by atoms with Crippen LogP contribution in [0.4, 0.5) is 16.2 Å². The van der Waals surface area contributed by atoms with E-state index in [-0.39, 0.29) is 12.1 Å². The quantitative estimate of drug-likeness (QED) is 0.311. The molecule has 5 nitrogen and oxygen atoms in total. The fraction of sp³-hybridized carbons (Fsp3) is 0.276. The number of nitrogens with zero attached hydrogens (tertiary/aromatic N) is 3. The molecule has 0 saturated heterocycles. The maximum Gasteiger partial charge on any atom is 0.323 e. The van der Waals surface area contributed by atoms with Gasteiger partial charge in [-0.25, -0.2) is 4.79 Å². The van der Waals surface area contributed by atoms with Crippen molar-refractivity contribution >= 4 is 40.3 Å². The number of benzene rings is 2. The maximum absolute atomic E-state index is 14.0. The highest BCUT2D eigenvalue weighted by molar-refractivity contribution is 7.15. The van der Waals surface area contributed by atoms with E-state index in [1.807, 2.05) is 48.5 Å². The third kappa shape index (κ3) is 3.98. The summed E-state index contributed by atoms with van der Waals surface area (Å²) in [6.45, 7) is 0.555. The van der Waals surface area contributed by atoms with Gasteiger partial charge in [-0.1, -0.05) is 35.9 Å². The molecule has 2 aliphatic rings. The average molecular weight is 517 g/mol. The molecule has 2 aromatic carbocycles. The number of hydrogen-bond donors (Lipinski definition) is 1. The average Bonchev–Trinajstić information content (AvgIpc) is 3.47. The lowest BCUT2D eigenvalue weighted by Gasteiger charge is -2.32. The van der Waals surface area contributed by atoms with Crippen molar-refractivity contribution in [1.82, 2.24) is 9.47 Å². The molecule has 0 radical (unpaired) electrons. The van der Waals surface area contributed by atoms with Gasteiger partial charge >= 0.3 is 6.03 Å². The first-order valence-corrected chi connectivity index (χ1v) is 13.6. The second-order valence-electron chi connectivity index (χ2n) is 9.72. The molecule has 1 N–H and O–H groups in total. The molecule has 1 unspecified atom stereocenters. The molecule has 3 heterocycles. The van der Waals surface area contributed by atoms with Crippen molar-refractivity contribution < 1.29 is 4.79 Å². The molecule has 2 amide bonds. The van der Waals surface area contributed by atoms with Crippen molar-refractivity contribution in [3.63, 3.8) is 0 Å². The predicted molar refractivity (Wildman–Crippen MR) is 149 cm³/mol. The Morgan fingerprint density at radius 3 is 2.56 bits per heavy atom. The summed E-state index contributed by atoms with van der Waals surface area (Å²) in [5.74, 6) is 0. The summed E-state index contributed by atoms with van der Waals surface area (Å²) in [6, 6.07) is 19.8. The SMILES string of the molecule is CN(C)c1ccc(C2c3cccn3-c3sc4c(c3CN2C(=O)Nc2ccccc2Cl)CCCC4)cc1. The summed E-state index contributed by atoms with van der Waals surface area (Å²) < 4.78 is 2.31. The van der Waals surface area contributed by atoms with Crippen LogP contribution in [0.3, 0.4) is 0 Å². The van der Waals surface area contributed by atoms with Crippen LogP contribution < -0.4 is 10.2 Å². The lowest BCUT2D eigenvalue weighted by molar-refractivity contribution is 0.194. The van der Waals surface area contributed by atoms with Crippen molar-refractivity contribution in [2.45, 2.75) is 38.3 Å². The van der Waals surface area contributed by atoms with Crippen LogP contribution in [-0.4, -0.2) is 29.6 Å². The molecule has 2 aromatic heterocycles. The first-order valence-electron chi connectivity index (χ1n) is 12.4. The summed E-state index contributed by atoms with van der Waals surface area (Å²) in [7, 11) is 4.08. The fourth-order valence-corrected chi connectivity index (χ4v) is 7.03. The number of aromatic nitrogens is 1. The van der Waals surface area contributed by atoms with Gasteiger partial charge in [0.1, 0.15) is 5.00 Å². The molecule has 0 spiro atoms. The van der Waals surface area contributed by atoms with E-state index in [0.29, 0.717) is 17.3 Å². The highest BCUT2D eigenvalue weighted by Gasteiger charge is 2.36. The molecule has 1 aliphatic carbocycles. The Morgan fingerprint density at radius 2 is 1.78 bits per heavy atom. The van der Waals surface area contributed by atoms with Crippen LogP contribution in [-0.2, 0) is 19.4 Å². The molecule has 4 aromatic rings. The molecular weight excluding hydrogens is 488 g/mol. The zero-order chi connectivity index (χ0) is 24.8. The van der Waals surface area contributed by atoms with Gasteiger partial charge in [0.05, 0.1) is 29.0 Å². The summed E-state index contributed by atoms with van der Waals surface area (Å²) >= 11 is 8.32. The van der Waals surface area contributed by atoms with E-state index < -0.39 is 0 Å². The minimum Gasteiger partial charge on any atom is -0.378 e. The van der Waals surface area contributed by atoms with Crippen LogP contribution >= 0.6 is 22.9 Å². The smallest absolute Gasteiger partial charge is 0.323 e. The first kappa shape index (κ1) is 23.2. The number of nitrogens with one attached hydrogen (secondary N) is 1. The Hall–Kier alpha value is -3.22. The van der Waals surface area contributed by atoms with E-state index >= 15 is 0 Å². The molecule has 0 saturated carbocycles. The van der Waals surface area contributed by atoms with Gasteiger partial charge in [0.25, 0.3) is 0 Å². The Balaban J connectivity index is 1.49. The molecule has 36 heavy (non-hydrogen) atoms. The Morgan fingerprint density at radius 1 is 1.00 bits per heavy atom. The number of carbonyl (C=O) groups is 1. The summed E-state index contributed by atoms with van der Waals surface area (Å²) in [6.07, 6.45) is 6.80. The van der Waals surface area contributed by atoms with E-state index in [2.05, 4.69) is 57.4 Å². The van der Waals surface area contributed by atoms with Crippen LogP contribution in [0.5, 0.6) is 0 Å². The minimum absolute atomic E-state index is 0.152. The van der Waals surface area contributed by atoms with Crippen molar-refractivity contribution in [2.24, 2.45) is 0 Å². The number of para-hydroxylation sites is 1. The Bertz CT molecular complexity index is 1420. The first-order chi connectivity index (χ1) is 17.5. The Labute approximate surface area is 220 Å². The van der Waals surface area contributed by atoms with Crippen LogP contribution in [0.15, 0.2) is 66.9 Å². The van der Waals surface area contributed by atoms with Crippen molar-refractivity contribution in [3.8, 4) is 5.00 Å². The van der Waals surface area contributed by atoms with Crippen LogP contribution in [0.25, 0.3) is 5.00 Å². The van der Waals surface area contributed by atoms with Crippen molar-refractivity contribution in [1.29, 1.82) is 0 Å². The number of thiophene rings is 1. The standard InChI is InChI=1S/C29H29ClN4OS/c1-32(2)20-15-13-19(14-16-20)27-25-11-7-17-33(25)28-22(21-8-3-6-12-26(21)36-28)18-34(27)29(35)31-24-10-5-4-9-23(24)30/h4-5,7,9-11,13-17,27H,3,6,8,12,18H2,1-2H3,(H,31,35). The van der Waals surface area contributed by atoms with Crippen LogP contribution in [0.2, 0.25) is 5.02 Å². The number of anilines is 2. The summed E-state index contributed by atoms with van der Waals surface area (Å²) in [5.41, 5.74) is 6.66. The molecule has 184 valence electrons. The predicted octanol–water partition coefficient (Wildman–Crippen LogP) is 7.27. The van der Waals surface area contributed by atoms with E-state index in [1.165, 1.54) is 33.8 Å². The zero-order valence-electron chi connectivity index (χ0n) is 20.5. The summed E-state index contributed by atoms with van der Waals surface area (Å²) in [5, 5.41) is 4.89. The largest absolute Gasteiger partial charge is 0.378 e. The second-order valence-corrected chi connectivity index (χ2v) is 11.2. The van der Waals surface area contributed by atoms with Crippen LogP contribution in [0.1, 0.15) is 46.1 Å². The minimum atomic E-state index is -0.238. The van der Waals surface area contributed by atoms with E-state index in [4.69, 9.17) is 11.6 Å².